The molecule has 1 aliphatic rings. The largest absolute Gasteiger partial charge is 0.353 e. The van der Waals surface area contributed by atoms with E-state index in [9.17, 15) is 9.59 Å². The van der Waals surface area contributed by atoms with Crippen molar-refractivity contribution in [2.24, 2.45) is 0 Å². The van der Waals surface area contributed by atoms with Crippen LogP contribution in [0.3, 0.4) is 0 Å². The normalized spacial score (nSPS) is 13.5. The van der Waals surface area contributed by atoms with Crippen LogP contribution in [0.1, 0.15) is 20.8 Å². The Morgan fingerprint density at radius 2 is 1.70 bits per heavy atom. The molecule has 2 amide bonds. The van der Waals surface area contributed by atoms with Crippen molar-refractivity contribution in [3.63, 3.8) is 0 Å². The fourth-order valence-electron chi connectivity index (χ4n) is 3.62. The van der Waals surface area contributed by atoms with Gasteiger partial charge in [-0.2, -0.15) is 0 Å². The Morgan fingerprint density at radius 1 is 0.933 bits per heavy atom. The number of fused-ring (bicyclic) bond motifs is 1. The molecule has 154 valence electrons. The van der Waals surface area contributed by atoms with Gasteiger partial charge < -0.3 is 10.6 Å². The van der Waals surface area contributed by atoms with Crippen molar-refractivity contribution in [3.8, 4) is 11.1 Å². The number of hydrogen-bond donors (Lipinski definition) is 2. The summed E-state index contributed by atoms with van der Waals surface area (Å²) in [5.74, 6) is -0.414. The van der Waals surface area contributed by atoms with Gasteiger partial charge in [-0.25, -0.2) is 0 Å². The molecule has 0 unspecified atom stereocenters. The molecule has 30 heavy (non-hydrogen) atoms. The minimum absolute atomic E-state index is 0.0199. The van der Waals surface area contributed by atoms with Crippen LogP contribution in [-0.2, 0) is 17.8 Å². The van der Waals surface area contributed by atoms with Gasteiger partial charge in [0.05, 0.1) is 6.54 Å². The summed E-state index contributed by atoms with van der Waals surface area (Å²) in [4.78, 5) is 28.2. The van der Waals surface area contributed by atoms with Gasteiger partial charge in [-0.1, -0.05) is 42.5 Å². The van der Waals surface area contributed by atoms with Gasteiger partial charge >= 0.3 is 0 Å². The lowest BCUT2D eigenvalue weighted by Crippen LogP contribution is -2.41. The lowest BCUT2D eigenvalue weighted by atomic mass is 10.0. The molecule has 2 aromatic carbocycles. The third kappa shape index (κ3) is 5.14. The van der Waals surface area contributed by atoms with Crippen molar-refractivity contribution in [2.45, 2.75) is 13.0 Å². The van der Waals surface area contributed by atoms with E-state index < -0.39 is 0 Å². The molecule has 0 saturated heterocycles. The van der Waals surface area contributed by atoms with E-state index in [2.05, 4.69) is 27.0 Å². The lowest BCUT2D eigenvalue weighted by molar-refractivity contribution is -0.120. The smallest absolute Gasteiger partial charge is 0.251 e. The molecule has 0 spiro atoms. The molecule has 0 radical (unpaired) electrons. The van der Waals surface area contributed by atoms with Crippen molar-refractivity contribution in [1.82, 2.24) is 15.5 Å². The van der Waals surface area contributed by atoms with Crippen LogP contribution >= 0.6 is 11.3 Å². The Balaban J connectivity index is 1.18. The van der Waals surface area contributed by atoms with Gasteiger partial charge in [0.1, 0.15) is 0 Å². The first-order valence-electron chi connectivity index (χ1n) is 10.2. The van der Waals surface area contributed by atoms with Gasteiger partial charge in [-0.3, -0.25) is 14.5 Å². The Labute approximate surface area is 180 Å². The highest BCUT2D eigenvalue weighted by molar-refractivity contribution is 7.10. The summed E-state index contributed by atoms with van der Waals surface area (Å²) in [7, 11) is 0. The molecule has 2 N–H and O–H groups in total. The van der Waals surface area contributed by atoms with E-state index in [1.807, 2.05) is 53.8 Å². The Hall–Kier alpha value is -2.96. The van der Waals surface area contributed by atoms with E-state index in [1.54, 1.807) is 12.1 Å². The molecule has 0 saturated carbocycles. The molecule has 6 heteroatoms. The quantitative estimate of drug-likeness (QED) is 0.618. The molecule has 5 nitrogen and oxygen atoms in total. The van der Waals surface area contributed by atoms with Gasteiger partial charge in [0, 0.05) is 36.6 Å². The Bertz CT molecular complexity index is 999. The summed E-state index contributed by atoms with van der Waals surface area (Å²) >= 11 is 1.83. The summed E-state index contributed by atoms with van der Waals surface area (Å²) < 4.78 is 0. The second kappa shape index (κ2) is 9.69. The number of hydrogen-bond acceptors (Lipinski definition) is 4. The summed E-state index contributed by atoms with van der Waals surface area (Å²) in [6, 6.07) is 19.6. The van der Waals surface area contributed by atoms with Crippen LogP contribution in [0, 0.1) is 0 Å². The fourth-order valence-corrected chi connectivity index (χ4v) is 4.51. The third-order valence-electron chi connectivity index (χ3n) is 5.30. The summed E-state index contributed by atoms with van der Waals surface area (Å²) in [5.41, 5.74) is 4.11. The highest BCUT2D eigenvalue weighted by Crippen LogP contribution is 2.23. The Kier molecular flexibility index (Phi) is 6.57. The standard InChI is InChI=1S/C24H25N3O2S/c28-23(25-12-14-27-13-10-22-21(17-27)11-15-30-22)16-26-24(29)20-8-6-19(7-9-20)18-4-2-1-3-5-18/h1-9,11,15H,10,12-14,16-17H2,(H,25,28)(H,26,29). The zero-order valence-corrected chi connectivity index (χ0v) is 17.6. The minimum Gasteiger partial charge on any atom is -0.353 e. The first-order valence-corrected chi connectivity index (χ1v) is 11.0. The molecule has 1 aromatic heterocycles. The number of carbonyl (C=O) groups excluding carboxylic acids is 2. The molecule has 4 rings (SSSR count). The maximum absolute atomic E-state index is 12.3. The highest BCUT2D eigenvalue weighted by Gasteiger charge is 2.16. The number of nitrogens with one attached hydrogen (secondary N) is 2. The lowest BCUT2D eigenvalue weighted by Gasteiger charge is -2.26. The van der Waals surface area contributed by atoms with E-state index in [1.165, 1.54) is 10.4 Å². The number of rotatable bonds is 7. The van der Waals surface area contributed by atoms with Gasteiger partial charge in [0.15, 0.2) is 0 Å². The van der Waals surface area contributed by atoms with Crippen molar-refractivity contribution in [3.05, 3.63) is 82.0 Å². The highest BCUT2D eigenvalue weighted by atomic mass is 32.1. The third-order valence-corrected chi connectivity index (χ3v) is 6.32. The average Bonchev–Trinajstić information content (AvgIpc) is 3.26. The topological polar surface area (TPSA) is 61.4 Å². The van der Waals surface area contributed by atoms with E-state index in [0.29, 0.717) is 12.1 Å². The summed E-state index contributed by atoms with van der Waals surface area (Å²) in [6.07, 6.45) is 1.08. The first kappa shape index (κ1) is 20.3. The Morgan fingerprint density at radius 3 is 2.50 bits per heavy atom. The predicted octanol–water partition coefficient (Wildman–Crippen LogP) is 3.32. The van der Waals surface area contributed by atoms with Gasteiger partial charge in [-0.05, 0) is 46.7 Å². The average molecular weight is 420 g/mol. The van der Waals surface area contributed by atoms with Crippen LogP contribution < -0.4 is 10.6 Å². The minimum atomic E-state index is -0.245. The second-order valence-corrected chi connectivity index (χ2v) is 8.37. The van der Waals surface area contributed by atoms with E-state index >= 15 is 0 Å². The van der Waals surface area contributed by atoms with E-state index in [0.717, 1.165) is 37.2 Å². The molecule has 0 bridgehead atoms. The number of carbonyl (C=O) groups is 2. The maximum Gasteiger partial charge on any atom is 0.251 e. The van der Waals surface area contributed by atoms with Crippen molar-refractivity contribution in [2.75, 3.05) is 26.2 Å². The SMILES string of the molecule is O=C(CNC(=O)c1ccc(-c2ccccc2)cc1)NCCN1CCc2sccc2C1. The van der Waals surface area contributed by atoms with Gasteiger partial charge in [-0.15, -0.1) is 11.3 Å². The summed E-state index contributed by atoms with van der Waals surface area (Å²) in [6.45, 7) is 3.35. The number of benzene rings is 2. The summed E-state index contributed by atoms with van der Waals surface area (Å²) in [5, 5.41) is 7.73. The predicted molar refractivity (Wildman–Crippen MR) is 121 cm³/mol. The molecular formula is C24H25N3O2S. The van der Waals surface area contributed by atoms with Crippen molar-refractivity contribution >= 4 is 23.2 Å². The number of thiophene rings is 1. The molecule has 0 atom stereocenters. The molecule has 0 fully saturated rings. The maximum atomic E-state index is 12.3. The van der Waals surface area contributed by atoms with Crippen LogP contribution in [0.2, 0.25) is 0 Å². The zero-order chi connectivity index (χ0) is 20.8. The monoisotopic (exact) mass is 419 g/mol. The second-order valence-electron chi connectivity index (χ2n) is 7.37. The number of amides is 2. The molecule has 1 aliphatic heterocycles. The van der Waals surface area contributed by atoms with Crippen molar-refractivity contribution < 1.29 is 9.59 Å². The fraction of sp³-hybridized carbons (Fsp3) is 0.250. The van der Waals surface area contributed by atoms with Crippen LogP contribution in [0.25, 0.3) is 11.1 Å². The van der Waals surface area contributed by atoms with Gasteiger partial charge in [0.2, 0.25) is 5.91 Å². The van der Waals surface area contributed by atoms with Crippen LogP contribution in [-0.4, -0.2) is 42.9 Å². The molecular weight excluding hydrogens is 394 g/mol. The first-order chi connectivity index (χ1) is 14.7. The van der Waals surface area contributed by atoms with E-state index in [-0.39, 0.29) is 18.4 Å². The molecule has 0 aliphatic carbocycles. The number of nitrogens with zero attached hydrogens (tertiary/aromatic N) is 1. The van der Waals surface area contributed by atoms with Gasteiger partial charge in [0.25, 0.3) is 5.91 Å². The van der Waals surface area contributed by atoms with Crippen LogP contribution in [0.4, 0.5) is 0 Å². The van der Waals surface area contributed by atoms with Crippen LogP contribution in [0.5, 0.6) is 0 Å². The van der Waals surface area contributed by atoms with Crippen LogP contribution in [0.15, 0.2) is 66.0 Å². The zero-order valence-electron chi connectivity index (χ0n) is 16.8. The molecule has 3 aromatic rings. The van der Waals surface area contributed by atoms with E-state index in [4.69, 9.17) is 0 Å². The van der Waals surface area contributed by atoms with Crippen molar-refractivity contribution in [1.29, 1.82) is 0 Å². The molecule has 2 heterocycles.